The molecular weight excluding hydrogens is 236 g/mol. The Morgan fingerprint density at radius 3 is 2.94 bits per heavy atom. The van der Waals surface area contributed by atoms with Crippen LogP contribution in [-0.2, 0) is 9.59 Å². The Kier molecular flexibility index (Phi) is 3.20. The molecule has 1 aromatic carbocycles. The lowest BCUT2D eigenvalue weighted by atomic mass is 10.0. The van der Waals surface area contributed by atoms with Crippen molar-refractivity contribution in [2.45, 2.75) is 12.5 Å². The number of hydrogen-bond donors (Lipinski definition) is 3. The average molecular weight is 250 g/mol. The van der Waals surface area contributed by atoms with Crippen LogP contribution in [0.3, 0.4) is 0 Å². The Morgan fingerprint density at radius 1 is 1.50 bits per heavy atom. The van der Waals surface area contributed by atoms with E-state index < -0.39 is 17.4 Å². The molecule has 18 heavy (non-hydrogen) atoms. The molecule has 2 rings (SSSR count). The minimum Gasteiger partial charge on any atom is -0.466 e. The topological polar surface area (TPSA) is 87.7 Å². The predicted octanol–water partition coefficient (Wildman–Crippen LogP) is -0.115. The minimum atomic E-state index is -1.62. The molecule has 6 heteroatoms. The number of fused-ring (bicyclic) bond motifs is 1. The van der Waals surface area contributed by atoms with Gasteiger partial charge in [0.05, 0.1) is 12.3 Å². The fourth-order valence-electron chi connectivity index (χ4n) is 1.65. The van der Waals surface area contributed by atoms with Crippen molar-refractivity contribution in [2.75, 3.05) is 18.5 Å². The molecule has 1 aliphatic rings. The summed E-state index contributed by atoms with van der Waals surface area (Å²) >= 11 is 0. The second kappa shape index (κ2) is 4.66. The number of carbonyl (C=O) groups is 2. The summed E-state index contributed by atoms with van der Waals surface area (Å²) in [7, 11) is 0. The van der Waals surface area contributed by atoms with Crippen LogP contribution in [0.25, 0.3) is 0 Å². The van der Waals surface area contributed by atoms with Crippen LogP contribution in [0.1, 0.15) is 6.92 Å². The molecule has 0 radical (unpaired) electrons. The summed E-state index contributed by atoms with van der Waals surface area (Å²) < 4.78 is 5.48. The first kappa shape index (κ1) is 12.4. The number of ether oxygens (including phenoxy) is 1. The largest absolute Gasteiger partial charge is 0.466 e. The first-order valence-corrected chi connectivity index (χ1v) is 5.56. The smallest absolute Gasteiger partial charge is 0.278 e. The maximum Gasteiger partial charge on any atom is 0.278 e. The van der Waals surface area contributed by atoms with E-state index in [4.69, 9.17) is 9.84 Å². The second-order valence-electron chi connectivity index (χ2n) is 4.07. The Bertz CT molecular complexity index is 489. The number of aliphatic hydroxyl groups excluding tert-OH is 1. The third-order valence-electron chi connectivity index (χ3n) is 2.71. The molecule has 0 saturated heterocycles. The highest BCUT2D eigenvalue weighted by molar-refractivity contribution is 6.15. The quantitative estimate of drug-likeness (QED) is 0.653. The van der Waals surface area contributed by atoms with E-state index in [1.165, 1.54) is 6.92 Å². The zero-order valence-electron chi connectivity index (χ0n) is 9.90. The highest BCUT2D eigenvalue weighted by atomic mass is 16.5. The van der Waals surface area contributed by atoms with Crippen molar-refractivity contribution in [1.29, 1.82) is 0 Å². The van der Waals surface area contributed by atoms with Crippen LogP contribution < -0.4 is 15.4 Å². The summed E-state index contributed by atoms with van der Waals surface area (Å²) in [4.78, 5) is 23.8. The van der Waals surface area contributed by atoms with Gasteiger partial charge in [0.2, 0.25) is 0 Å². The van der Waals surface area contributed by atoms with Gasteiger partial charge in [0, 0.05) is 6.54 Å². The van der Waals surface area contributed by atoms with Crippen LogP contribution in [-0.4, -0.2) is 35.7 Å². The highest BCUT2D eigenvalue weighted by Crippen LogP contribution is 2.33. The van der Waals surface area contributed by atoms with Crippen LogP contribution in [0.15, 0.2) is 24.3 Å². The Morgan fingerprint density at radius 2 is 2.22 bits per heavy atom. The molecule has 0 fully saturated rings. The van der Waals surface area contributed by atoms with Gasteiger partial charge in [-0.05, 0) is 19.1 Å². The van der Waals surface area contributed by atoms with Crippen molar-refractivity contribution in [3.05, 3.63) is 24.3 Å². The lowest BCUT2D eigenvalue weighted by molar-refractivity contribution is -0.146. The fraction of sp³-hybridized carbons (Fsp3) is 0.333. The molecular formula is C12H14N2O4. The first-order chi connectivity index (χ1) is 8.58. The molecule has 1 unspecified atom stereocenters. The number of benzene rings is 1. The van der Waals surface area contributed by atoms with E-state index in [1.54, 1.807) is 24.3 Å². The molecule has 2 amide bonds. The van der Waals surface area contributed by atoms with Gasteiger partial charge in [0.25, 0.3) is 17.4 Å². The van der Waals surface area contributed by atoms with Gasteiger partial charge < -0.3 is 20.5 Å². The second-order valence-corrected chi connectivity index (χ2v) is 4.07. The Balaban J connectivity index is 2.25. The molecule has 0 saturated carbocycles. The van der Waals surface area contributed by atoms with E-state index in [2.05, 4.69) is 10.6 Å². The van der Waals surface area contributed by atoms with Crippen molar-refractivity contribution >= 4 is 17.5 Å². The van der Waals surface area contributed by atoms with Gasteiger partial charge in [-0.3, -0.25) is 9.59 Å². The summed E-state index contributed by atoms with van der Waals surface area (Å²) in [6, 6.07) is 6.88. The minimum absolute atomic E-state index is 0.0761. The molecule has 3 N–H and O–H groups in total. The SMILES string of the molecule is CC1(C(=O)NCCO)Oc2ccccc2NC1=O. The number of nitrogens with one attached hydrogen (secondary N) is 2. The van der Waals surface area contributed by atoms with Gasteiger partial charge in [0.1, 0.15) is 5.75 Å². The van der Waals surface area contributed by atoms with Gasteiger partial charge >= 0.3 is 0 Å². The van der Waals surface area contributed by atoms with Gasteiger partial charge in [-0.1, -0.05) is 12.1 Å². The maximum atomic E-state index is 11.9. The monoisotopic (exact) mass is 250 g/mol. The molecule has 1 atom stereocenters. The summed E-state index contributed by atoms with van der Waals surface area (Å²) in [5.74, 6) is -0.668. The van der Waals surface area contributed by atoms with E-state index in [-0.39, 0.29) is 13.2 Å². The van der Waals surface area contributed by atoms with Gasteiger partial charge in [-0.25, -0.2) is 0 Å². The van der Waals surface area contributed by atoms with E-state index in [0.717, 1.165) is 0 Å². The predicted molar refractivity (Wildman–Crippen MR) is 64.2 cm³/mol. The van der Waals surface area contributed by atoms with Crippen LogP contribution in [0.5, 0.6) is 5.75 Å². The first-order valence-electron chi connectivity index (χ1n) is 5.56. The fourth-order valence-corrected chi connectivity index (χ4v) is 1.65. The summed E-state index contributed by atoms with van der Waals surface area (Å²) in [5.41, 5.74) is -1.08. The van der Waals surface area contributed by atoms with Gasteiger partial charge in [-0.15, -0.1) is 0 Å². The summed E-state index contributed by atoms with van der Waals surface area (Å²) in [6.07, 6.45) is 0. The third-order valence-corrected chi connectivity index (χ3v) is 2.71. The van der Waals surface area contributed by atoms with Crippen LogP contribution >= 0.6 is 0 Å². The standard InChI is InChI=1S/C12H14N2O4/c1-12(10(16)13-6-7-15)11(17)14-8-4-2-3-5-9(8)18-12/h2-5,15H,6-7H2,1H3,(H,13,16)(H,14,17). The van der Waals surface area contributed by atoms with Crippen molar-refractivity contribution < 1.29 is 19.4 Å². The molecule has 1 aromatic rings. The van der Waals surface area contributed by atoms with Crippen LogP contribution in [0, 0.1) is 0 Å². The highest BCUT2D eigenvalue weighted by Gasteiger charge is 2.46. The molecule has 0 bridgehead atoms. The van der Waals surface area contributed by atoms with Gasteiger partial charge in [-0.2, -0.15) is 0 Å². The third kappa shape index (κ3) is 2.02. The lowest BCUT2D eigenvalue weighted by Crippen LogP contribution is -2.59. The number of aliphatic hydroxyl groups is 1. The van der Waals surface area contributed by atoms with Crippen LogP contribution in [0.4, 0.5) is 5.69 Å². The van der Waals surface area contributed by atoms with E-state index in [1.807, 2.05) is 0 Å². The van der Waals surface area contributed by atoms with Crippen molar-refractivity contribution in [1.82, 2.24) is 5.32 Å². The van der Waals surface area contributed by atoms with E-state index in [9.17, 15) is 9.59 Å². The Hall–Kier alpha value is -2.08. The number of anilines is 1. The molecule has 96 valence electrons. The summed E-state index contributed by atoms with van der Waals surface area (Å²) in [6.45, 7) is 1.28. The van der Waals surface area contributed by atoms with Crippen molar-refractivity contribution in [3.63, 3.8) is 0 Å². The maximum absolute atomic E-state index is 11.9. The van der Waals surface area contributed by atoms with Crippen molar-refractivity contribution in [2.24, 2.45) is 0 Å². The number of amides is 2. The number of hydrogen-bond acceptors (Lipinski definition) is 4. The number of para-hydroxylation sites is 2. The van der Waals surface area contributed by atoms with E-state index in [0.29, 0.717) is 11.4 Å². The zero-order valence-corrected chi connectivity index (χ0v) is 9.90. The molecule has 1 heterocycles. The zero-order chi connectivity index (χ0) is 13.2. The average Bonchev–Trinajstić information content (AvgIpc) is 2.37. The van der Waals surface area contributed by atoms with Gasteiger partial charge in [0.15, 0.2) is 0 Å². The molecule has 0 spiro atoms. The molecule has 0 aliphatic carbocycles. The normalized spacial score (nSPS) is 21.6. The number of rotatable bonds is 3. The Labute approximate surface area is 104 Å². The van der Waals surface area contributed by atoms with Crippen LogP contribution in [0.2, 0.25) is 0 Å². The lowest BCUT2D eigenvalue weighted by Gasteiger charge is -2.33. The van der Waals surface area contributed by atoms with Crippen molar-refractivity contribution in [3.8, 4) is 5.75 Å². The molecule has 6 nitrogen and oxygen atoms in total. The molecule has 0 aromatic heterocycles. The number of carbonyl (C=O) groups excluding carboxylic acids is 2. The van der Waals surface area contributed by atoms with E-state index >= 15 is 0 Å². The summed E-state index contributed by atoms with van der Waals surface area (Å²) in [5, 5.41) is 13.7. The molecule has 1 aliphatic heterocycles.